The second kappa shape index (κ2) is 7.84. The third-order valence-electron chi connectivity index (χ3n) is 3.03. The molecule has 0 spiro atoms. The Hall–Kier alpha value is -3.02. The van der Waals surface area contributed by atoms with Gasteiger partial charge in [0.2, 0.25) is 5.91 Å². The number of hydrazone groups is 1. The molecule has 4 N–H and O–H groups in total. The van der Waals surface area contributed by atoms with Crippen molar-refractivity contribution in [2.45, 2.75) is 13.3 Å². The summed E-state index contributed by atoms with van der Waals surface area (Å²) in [5, 5.41) is 13.5. The van der Waals surface area contributed by atoms with Gasteiger partial charge in [-0.15, -0.1) is 0 Å². The predicted molar refractivity (Wildman–Crippen MR) is 89.6 cm³/mol. The topological polar surface area (TPSA) is 96.9 Å². The number of ether oxygens (including phenoxy) is 1. The molecule has 2 rings (SSSR count). The van der Waals surface area contributed by atoms with Crippen LogP contribution in [0.15, 0.2) is 47.6 Å². The summed E-state index contributed by atoms with van der Waals surface area (Å²) in [6.45, 7) is 2.28. The second-order valence-electron chi connectivity index (χ2n) is 4.87. The maximum atomic E-state index is 11.8. The number of anilines is 1. The molecule has 0 unspecified atom stereocenters. The van der Waals surface area contributed by atoms with Crippen molar-refractivity contribution in [3.05, 3.63) is 53.6 Å². The molecule has 2 aromatic carbocycles. The number of carbonyl (C=O) groups is 1. The van der Waals surface area contributed by atoms with Crippen LogP contribution < -0.4 is 15.9 Å². The number of hydrogen-bond acceptors (Lipinski definition) is 5. The van der Waals surface area contributed by atoms with Crippen molar-refractivity contribution in [2.75, 3.05) is 12.3 Å². The van der Waals surface area contributed by atoms with E-state index in [0.717, 1.165) is 5.56 Å². The van der Waals surface area contributed by atoms with Crippen LogP contribution in [-0.4, -0.2) is 23.8 Å². The van der Waals surface area contributed by atoms with Crippen LogP contribution in [0.4, 0.5) is 5.69 Å². The summed E-state index contributed by atoms with van der Waals surface area (Å²) >= 11 is 0. The minimum atomic E-state index is -0.227. The van der Waals surface area contributed by atoms with E-state index in [9.17, 15) is 9.90 Å². The SMILES string of the molecule is CCOc1cc(/C=N\NC(=O)Cc2ccc(N)cc2)ccc1O. The average Bonchev–Trinajstić information content (AvgIpc) is 2.53. The number of amides is 1. The highest BCUT2D eigenvalue weighted by atomic mass is 16.5. The lowest BCUT2D eigenvalue weighted by Crippen LogP contribution is -2.19. The van der Waals surface area contributed by atoms with Crippen molar-refractivity contribution < 1.29 is 14.6 Å². The highest BCUT2D eigenvalue weighted by Gasteiger charge is 2.03. The lowest BCUT2D eigenvalue weighted by atomic mass is 10.1. The van der Waals surface area contributed by atoms with E-state index in [1.165, 1.54) is 12.3 Å². The Labute approximate surface area is 134 Å². The Morgan fingerprint density at radius 3 is 2.74 bits per heavy atom. The van der Waals surface area contributed by atoms with E-state index < -0.39 is 0 Å². The van der Waals surface area contributed by atoms with Gasteiger partial charge in [0, 0.05) is 5.69 Å². The van der Waals surface area contributed by atoms with Crippen LogP contribution in [0.2, 0.25) is 0 Å². The first-order valence-electron chi connectivity index (χ1n) is 7.20. The van der Waals surface area contributed by atoms with Crippen molar-refractivity contribution in [3.8, 4) is 11.5 Å². The van der Waals surface area contributed by atoms with Crippen LogP contribution in [0, 0.1) is 0 Å². The molecule has 6 heteroatoms. The Morgan fingerprint density at radius 2 is 2.04 bits per heavy atom. The van der Waals surface area contributed by atoms with Gasteiger partial charge in [-0.05, 0) is 48.4 Å². The molecule has 0 radical (unpaired) electrons. The van der Waals surface area contributed by atoms with Crippen molar-refractivity contribution in [2.24, 2.45) is 5.10 Å². The van der Waals surface area contributed by atoms with Gasteiger partial charge < -0.3 is 15.6 Å². The lowest BCUT2D eigenvalue weighted by Gasteiger charge is -2.06. The number of nitrogens with two attached hydrogens (primary N) is 1. The maximum absolute atomic E-state index is 11.8. The summed E-state index contributed by atoms with van der Waals surface area (Å²) in [5.41, 5.74) is 10.3. The summed E-state index contributed by atoms with van der Waals surface area (Å²) in [5.74, 6) is 0.218. The molecule has 0 fully saturated rings. The Kier molecular flexibility index (Phi) is 5.57. The van der Waals surface area contributed by atoms with Crippen LogP contribution >= 0.6 is 0 Å². The van der Waals surface area contributed by atoms with E-state index in [0.29, 0.717) is 23.6 Å². The number of nitrogens with one attached hydrogen (secondary N) is 1. The molecule has 0 atom stereocenters. The molecule has 2 aromatic rings. The van der Waals surface area contributed by atoms with Gasteiger partial charge in [-0.2, -0.15) is 5.10 Å². The fourth-order valence-electron chi connectivity index (χ4n) is 1.92. The van der Waals surface area contributed by atoms with Gasteiger partial charge in [0.1, 0.15) is 0 Å². The normalized spacial score (nSPS) is 10.7. The molecule has 0 saturated heterocycles. The molecule has 0 aliphatic heterocycles. The smallest absolute Gasteiger partial charge is 0.244 e. The Morgan fingerprint density at radius 1 is 1.30 bits per heavy atom. The van der Waals surface area contributed by atoms with E-state index in [1.807, 2.05) is 6.92 Å². The quantitative estimate of drug-likeness (QED) is 0.432. The van der Waals surface area contributed by atoms with E-state index in [2.05, 4.69) is 10.5 Å². The summed E-state index contributed by atoms with van der Waals surface area (Å²) in [6.07, 6.45) is 1.71. The monoisotopic (exact) mass is 313 g/mol. The van der Waals surface area contributed by atoms with Gasteiger partial charge in [-0.1, -0.05) is 12.1 Å². The van der Waals surface area contributed by atoms with Gasteiger partial charge in [-0.3, -0.25) is 4.79 Å². The van der Waals surface area contributed by atoms with E-state index in [1.54, 1.807) is 36.4 Å². The standard InChI is InChI=1S/C17H19N3O3/c1-2-23-16-9-13(5-8-15(16)21)11-19-20-17(22)10-12-3-6-14(18)7-4-12/h3-9,11,21H,2,10,18H2,1H3,(H,20,22)/b19-11-. The first-order valence-corrected chi connectivity index (χ1v) is 7.20. The fraction of sp³-hybridized carbons (Fsp3) is 0.176. The summed E-state index contributed by atoms with van der Waals surface area (Å²) < 4.78 is 5.28. The molecule has 1 amide bonds. The molecule has 120 valence electrons. The predicted octanol–water partition coefficient (Wildman–Crippen LogP) is 2.07. The number of nitrogens with zero attached hydrogens (tertiary/aromatic N) is 1. The highest BCUT2D eigenvalue weighted by molar-refractivity contribution is 5.84. The maximum Gasteiger partial charge on any atom is 0.244 e. The van der Waals surface area contributed by atoms with Gasteiger partial charge in [0.25, 0.3) is 0 Å². The number of aromatic hydroxyl groups is 1. The van der Waals surface area contributed by atoms with Gasteiger partial charge >= 0.3 is 0 Å². The molecule has 0 aliphatic rings. The highest BCUT2D eigenvalue weighted by Crippen LogP contribution is 2.26. The number of benzene rings is 2. The minimum Gasteiger partial charge on any atom is -0.504 e. The number of phenolic OH excluding ortho intramolecular Hbond substituents is 1. The molecule has 0 heterocycles. The number of hydrogen-bond donors (Lipinski definition) is 3. The summed E-state index contributed by atoms with van der Waals surface area (Å²) in [7, 11) is 0. The lowest BCUT2D eigenvalue weighted by molar-refractivity contribution is -0.120. The second-order valence-corrected chi connectivity index (χ2v) is 4.87. The zero-order valence-electron chi connectivity index (χ0n) is 12.8. The van der Waals surface area contributed by atoms with Crippen molar-refractivity contribution in [1.82, 2.24) is 5.43 Å². The van der Waals surface area contributed by atoms with E-state index >= 15 is 0 Å². The van der Waals surface area contributed by atoms with Gasteiger partial charge in [0.05, 0.1) is 19.2 Å². The largest absolute Gasteiger partial charge is 0.504 e. The molecule has 0 aliphatic carbocycles. The first-order chi connectivity index (χ1) is 11.1. The van der Waals surface area contributed by atoms with Gasteiger partial charge in [0.15, 0.2) is 11.5 Å². The molecule has 0 aromatic heterocycles. The van der Waals surface area contributed by atoms with Crippen LogP contribution in [0.3, 0.4) is 0 Å². The average molecular weight is 313 g/mol. The van der Waals surface area contributed by atoms with Gasteiger partial charge in [-0.25, -0.2) is 5.43 Å². The molecular weight excluding hydrogens is 294 g/mol. The Balaban J connectivity index is 1.91. The summed E-state index contributed by atoms with van der Waals surface area (Å²) in [4.78, 5) is 11.8. The van der Waals surface area contributed by atoms with Crippen molar-refractivity contribution >= 4 is 17.8 Å². The third kappa shape index (κ3) is 5.03. The molecule has 0 bridgehead atoms. The molecular formula is C17H19N3O3. The minimum absolute atomic E-state index is 0.0661. The van der Waals surface area contributed by atoms with Crippen molar-refractivity contribution in [3.63, 3.8) is 0 Å². The fourth-order valence-corrected chi connectivity index (χ4v) is 1.92. The summed E-state index contributed by atoms with van der Waals surface area (Å²) in [6, 6.07) is 11.9. The van der Waals surface area contributed by atoms with E-state index in [-0.39, 0.29) is 18.1 Å². The van der Waals surface area contributed by atoms with Crippen molar-refractivity contribution in [1.29, 1.82) is 0 Å². The number of phenols is 1. The van der Waals surface area contributed by atoms with Crippen LogP contribution in [-0.2, 0) is 11.2 Å². The zero-order valence-corrected chi connectivity index (χ0v) is 12.8. The Bertz CT molecular complexity index is 697. The van der Waals surface area contributed by atoms with Crippen LogP contribution in [0.25, 0.3) is 0 Å². The molecule has 6 nitrogen and oxygen atoms in total. The number of carbonyl (C=O) groups excluding carboxylic acids is 1. The number of rotatable bonds is 6. The third-order valence-corrected chi connectivity index (χ3v) is 3.03. The molecule has 23 heavy (non-hydrogen) atoms. The number of nitrogen functional groups attached to an aromatic ring is 1. The van der Waals surface area contributed by atoms with Crippen LogP contribution in [0.1, 0.15) is 18.1 Å². The van der Waals surface area contributed by atoms with Crippen LogP contribution in [0.5, 0.6) is 11.5 Å². The first kappa shape index (κ1) is 16.4. The van der Waals surface area contributed by atoms with E-state index in [4.69, 9.17) is 10.5 Å². The molecule has 0 saturated carbocycles. The zero-order chi connectivity index (χ0) is 16.7.